The van der Waals surface area contributed by atoms with Crippen LogP contribution in [0.25, 0.3) is 0 Å². The Labute approximate surface area is 175 Å². The number of piperazine rings is 1. The second-order valence-electron chi connectivity index (χ2n) is 7.37. The zero-order chi connectivity index (χ0) is 20.9. The topological polar surface area (TPSA) is 83.4 Å². The maximum absolute atomic E-state index is 13.1. The van der Waals surface area contributed by atoms with E-state index in [0.29, 0.717) is 17.9 Å². The van der Waals surface area contributed by atoms with Crippen LogP contribution in [0.15, 0.2) is 67.1 Å². The number of nitrogens with zero attached hydrogens (tertiary/aromatic N) is 5. The number of nitrogens with one attached hydrogen (secondary N) is 1. The Morgan fingerprint density at radius 2 is 1.90 bits per heavy atom. The van der Waals surface area contributed by atoms with Crippen molar-refractivity contribution in [3.63, 3.8) is 0 Å². The maximum atomic E-state index is 13.1. The Bertz CT molecular complexity index is 1000. The fraction of sp³-hybridized carbons (Fsp3) is 0.273. The number of benzene rings is 1. The molecule has 4 rings (SSSR count). The van der Waals surface area contributed by atoms with Gasteiger partial charge in [-0.05, 0) is 24.7 Å². The van der Waals surface area contributed by atoms with E-state index in [-0.39, 0.29) is 24.4 Å². The Kier molecular flexibility index (Phi) is 5.85. The van der Waals surface area contributed by atoms with Crippen LogP contribution in [0, 0.1) is 0 Å². The van der Waals surface area contributed by atoms with E-state index in [1.165, 1.54) is 6.20 Å². The van der Waals surface area contributed by atoms with Gasteiger partial charge in [0.25, 0.3) is 5.91 Å². The van der Waals surface area contributed by atoms with E-state index in [1.54, 1.807) is 35.3 Å². The molecule has 0 saturated carbocycles. The number of hydrogen-bond acceptors (Lipinski definition) is 5. The molecule has 2 amide bonds. The zero-order valence-electron chi connectivity index (χ0n) is 16.8. The highest BCUT2D eigenvalue weighted by Gasteiger charge is 2.30. The number of hydrogen-bond donors (Lipinski definition) is 1. The predicted molar refractivity (Wildman–Crippen MR) is 113 cm³/mol. The van der Waals surface area contributed by atoms with Gasteiger partial charge >= 0.3 is 0 Å². The quantitative estimate of drug-likeness (QED) is 0.704. The minimum absolute atomic E-state index is 0.00246. The predicted octanol–water partition coefficient (Wildman–Crippen LogP) is 2.05. The fourth-order valence-electron chi connectivity index (χ4n) is 3.61. The van der Waals surface area contributed by atoms with E-state index in [0.717, 1.165) is 18.7 Å². The molecular formula is C22H24N6O2. The van der Waals surface area contributed by atoms with E-state index in [2.05, 4.69) is 39.5 Å². The Morgan fingerprint density at radius 1 is 1.10 bits per heavy atom. The summed E-state index contributed by atoms with van der Waals surface area (Å²) in [4.78, 5) is 33.5. The highest BCUT2D eigenvalue weighted by molar-refractivity contribution is 6.02. The molecule has 0 unspecified atom stereocenters. The summed E-state index contributed by atoms with van der Waals surface area (Å²) >= 11 is 0. The van der Waals surface area contributed by atoms with E-state index in [9.17, 15) is 9.59 Å². The molecule has 3 aromatic rings. The SMILES string of the molecule is CN1CCN(C(=O)Cn2cc(NC(=O)c3ccccn3)cn2)[C@H](c2ccccc2)C1. The highest BCUT2D eigenvalue weighted by Crippen LogP contribution is 2.25. The third-order valence-electron chi connectivity index (χ3n) is 5.17. The lowest BCUT2D eigenvalue weighted by Gasteiger charge is -2.40. The van der Waals surface area contributed by atoms with Crippen molar-refractivity contribution in [1.29, 1.82) is 0 Å². The van der Waals surface area contributed by atoms with Crippen molar-refractivity contribution in [2.45, 2.75) is 12.6 Å². The van der Waals surface area contributed by atoms with Crippen LogP contribution in [-0.4, -0.2) is 63.1 Å². The molecule has 8 heteroatoms. The first-order chi connectivity index (χ1) is 14.6. The smallest absolute Gasteiger partial charge is 0.274 e. The van der Waals surface area contributed by atoms with E-state index < -0.39 is 0 Å². The summed E-state index contributed by atoms with van der Waals surface area (Å²) < 4.78 is 1.55. The average Bonchev–Trinajstić information content (AvgIpc) is 3.21. The van der Waals surface area contributed by atoms with Crippen molar-refractivity contribution in [3.8, 4) is 0 Å². The molecule has 1 fully saturated rings. The first-order valence-electron chi connectivity index (χ1n) is 9.88. The summed E-state index contributed by atoms with van der Waals surface area (Å²) in [7, 11) is 2.07. The number of likely N-dealkylation sites (N-methyl/N-ethyl adjacent to an activating group) is 1. The number of pyridine rings is 1. The largest absolute Gasteiger partial charge is 0.331 e. The highest BCUT2D eigenvalue weighted by atomic mass is 16.2. The lowest BCUT2D eigenvalue weighted by molar-refractivity contribution is -0.137. The average molecular weight is 404 g/mol. The standard InChI is InChI=1S/C22H24N6O2/c1-26-11-12-28(20(15-26)17-7-3-2-4-8-17)21(29)16-27-14-18(13-24-27)25-22(30)19-9-5-6-10-23-19/h2-10,13-14,20H,11-12,15-16H2,1H3,(H,25,30)/t20-/m0/s1. The van der Waals surface area contributed by atoms with Crippen LogP contribution < -0.4 is 5.32 Å². The number of carbonyl (C=O) groups is 2. The van der Waals surface area contributed by atoms with Gasteiger partial charge in [0.05, 0.1) is 17.9 Å². The molecule has 1 saturated heterocycles. The van der Waals surface area contributed by atoms with Gasteiger partial charge in [-0.1, -0.05) is 36.4 Å². The molecule has 1 aromatic carbocycles. The monoisotopic (exact) mass is 404 g/mol. The van der Waals surface area contributed by atoms with Crippen molar-refractivity contribution >= 4 is 17.5 Å². The molecule has 1 N–H and O–H groups in total. The molecule has 3 heterocycles. The van der Waals surface area contributed by atoms with Gasteiger partial charge in [-0.3, -0.25) is 19.3 Å². The van der Waals surface area contributed by atoms with Crippen molar-refractivity contribution < 1.29 is 9.59 Å². The zero-order valence-corrected chi connectivity index (χ0v) is 16.8. The minimum Gasteiger partial charge on any atom is -0.331 e. The Hall–Kier alpha value is -3.52. The van der Waals surface area contributed by atoms with Gasteiger partial charge in [0.2, 0.25) is 5.91 Å². The Morgan fingerprint density at radius 3 is 2.67 bits per heavy atom. The summed E-state index contributed by atoms with van der Waals surface area (Å²) in [6, 6.07) is 15.2. The number of carbonyl (C=O) groups excluding carboxylic acids is 2. The van der Waals surface area contributed by atoms with Crippen molar-refractivity contribution in [2.24, 2.45) is 0 Å². The molecule has 0 radical (unpaired) electrons. The molecule has 1 aliphatic rings. The van der Waals surface area contributed by atoms with Crippen LogP contribution >= 0.6 is 0 Å². The lowest BCUT2D eigenvalue weighted by atomic mass is 10.0. The van der Waals surface area contributed by atoms with Crippen molar-refractivity contribution in [3.05, 3.63) is 78.4 Å². The summed E-state index contributed by atoms with van der Waals surface area (Å²) in [6.45, 7) is 2.41. The number of amides is 2. The number of anilines is 1. The van der Waals surface area contributed by atoms with E-state index >= 15 is 0 Å². The van der Waals surface area contributed by atoms with E-state index in [4.69, 9.17) is 0 Å². The van der Waals surface area contributed by atoms with E-state index in [1.807, 2.05) is 23.1 Å². The molecule has 30 heavy (non-hydrogen) atoms. The maximum Gasteiger partial charge on any atom is 0.274 e. The second kappa shape index (κ2) is 8.87. The van der Waals surface area contributed by atoms with Gasteiger partial charge in [-0.15, -0.1) is 0 Å². The fourth-order valence-corrected chi connectivity index (χ4v) is 3.61. The van der Waals surface area contributed by atoms with Crippen molar-refractivity contribution in [1.82, 2.24) is 24.6 Å². The van der Waals surface area contributed by atoms with Gasteiger partial charge in [0, 0.05) is 32.0 Å². The van der Waals surface area contributed by atoms with Crippen LogP contribution in [-0.2, 0) is 11.3 Å². The molecular weight excluding hydrogens is 380 g/mol. The lowest BCUT2D eigenvalue weighted by Crippen LogP contribution is -2.50. The molecule has 154 valence electrons. The first kappa shape index (κ1) is 19.8. The third kappa shape index (κ3) is 4.55. The minimum atomic E-state index is -0.315. The van der Waals surface area contributed by atoms with Gasteiger partial charge in [-0.25, -0.2) is 0 Å². The molecule has 0 aliphatic carbocycles. The van der Waals surface area contributed by atoms with Crippen LogP contribution in [0.5, 0.6) is 0 Å². The molecule has 1 aliphatic heterocycles. The second-order valence-corrected chi connectivity index (χ2v) is 7.37. The molecule has 2 aromatic heterocycles. The first-order valence-corrected chi connectivity index (χ1v) is 9.88. The number of rotatable bonds is 5. The number of aromatic nitrogens is 3. The molecule has 1 atom stereocenters. The van der Waals surface area contributed by atoms with Gasteiger partial charge in [0.1, 0.15) is 12.2 Å². The van der Waals surface area contributed by atoms with Crippen LogP contribution in [0.2, 0.25) is 0 Å². The summed E-state index contributed by atoms with van der Waals surface area (Å²) in [6.07, 6.45) is 4.76. The summed E-state index contributed by atoms with van der Waals surface area (Å²) in [5, 5.41) is 6.99. The van der Waals surface area contributed by atoms with Crippen LogP contribution in [0.1, 0.15) is 22.1 Å². The molecule has 8 nitrogen and oxygen atoms in total. The van der Waals surface area contributed by atoms with Crippen molar-refractivity contribution in [2.75, 3.05) is 32.0 Å². The summed E-state index contributed by atoms with van der Waals surface area (Å²) in [5.74, 6) is -0.313. The Balaban J connectivity index is 1.42. The normalized spacial score (nSPS) is 17.0. The molecule has 0 bridgehead atoms. The van der Waals surface area contributed by atoms with Crippen LogP contribution in [0.4, 0.5) is 5.69 Å². The van der Waals surface area contributed by atoms with Crippen LogP contribution in [0.3, 0.4) is 0 Å². The third-order valence-corrected chi connectivity index (χ3v) is 5.17. The van der Waals surface area contributed by atoms with Gasteiger partial charge in [0.15, 0.2) is 0 Å². The summed E-state index contributed by atoms with van der Waals surface area (Å²) in [5.41, 5.74) is 1.97. The van der Waals surface area contributed by atoms with Gasteiger partial charge in [-0.2, -0.15) is 5.10 Å². The molecule has 0 spiro atoms. The van der Waals surface area contributed by atoms with Gasteiger partial charge < -0.3 is 15.1 Å².